The first-order valence-corrected chi connectivity index (χ1v) is 10.2. The number of carbonyl (C=O) groups excluding carboxylic acids is 1. The van der Waals surface area contributed by atoms with Gasteiger partial charge in [-0.05, 0) is 49.7 Å². The molecular weight excluding hydrogens is 382 g/mol. The van der Waals surface area contributed by atoms with Gasteiger partial charge in [-0.1, -0.05) is 23.8 Å². The Morgan fingerprint density at radius 2 is 1.93 bits per heavy atom. The molecule has 0 unspecified atom stereocenters. The van der Waals surface area contributed by atoms with E-state index in [2.05, 4.69) is 15.3 Å². The molecule has 29 heavy (non-hydrogen) atoms. The number of ether oxygens (including phenoxy) is 1. The number of hydrogen-bond acceptors (Lipinski definition) is 5. The van der Waals surface area contributed by atoms with Crippen molar-refractivity contribution in [3.63, 3.8) is 0 Å². The second kappa shape index (κ2) is 8.41. The van der Waals surface area contributed by atoms with Crippen LogP contribution in [0, 0.1) is 13.8 Å². The van der Waals surface area contributed by atoms with E-state index in [-0.39, 0.29) is 12.3 Å². The van der Waals surface area contributed by atoms with Crippen molar-refractivity contribution in [1.29, 1.82) is 0 Å². The molecule has 0 aliphatic carbocycles. The number of aryl methyl sites for hydroxylation is 2. The monoisotopic (exact) mass is 403 g/mol. The summed E-state index contributed by atoms with van der Waals surface area (Å²) in [6.07, 6.45) is 1.98. The molecule has 0 aliphatic heterocycles. The van der Waals surface area contributed by atoms with Gasteiger partial charge in [-0.2, -0.15) is 0 Å². The van der Waals surface area contributed by atoms with Crippen LogP contribution in [0.2, 0.25) is 0 Å². The summed E-state index contributed by atoms with van der Waals surface area (Å²) in [6, 6.07) is 15.6. The fourth-order valence-electron chi connectivity index (χ4n) is 3.06. The summed E-state index contributed by atoms with van der Waals surface area (Å²) in [4.78, 5) is 21.5. The third-order valence-corrected chi connectivity index (χ3v) is 5.44. The van der Waals surface area contributed by atoms with Crippen LogP contribution in [0.15, 0.2) is 60.1 Å². The number of benzene rings is 2. The van der Waals surface area contributed by atoms with Crippen molar-refractivity contribution in [3.05, 3.63) is 81.9 Å². The van der Waals surface area contributed by atoms with Crippen LogP contribution >= 0.6 is 11.3 Å². The average molecular weight is 404 g/mol. The molecule has 0 saturated heterocycles. The van der Waals surface area contributed by atoms with E-state index in [1.54, 1.807) is 6.20 Å². The van der Waals surface area contributed by atoms with Crippen LogP contribution in [0.1, 0.15) is 21.8 Å². The van der Waals surface area contributed by atoms with E-state index in [4.69, 9.17) is 4.74 Å². The second-order valence-electron chi connectivity index (χ2n) is 6.89. The molecule has 0 saturated carbocycles. The SMILES string of the molecule is Cc1ccc(OCc2nc(CC(=O)Nc3ccc(C)c4ncccc34)cs2)cc1. The number of rotatable bonds is 6. The van der Waals surface area contributed by atoms with Gasteiger partial charge in [-0.25, -0.2) is 4.98 Å². The lowest BCUT2D eigenvalue weighted by Gasteiger charge is -2.09. The Morgan fingerprint density at radius 3 is 2.76 bits per heavy atom. The van der Waals surface area contributed by atoms with E-state index in [1.165, 1.54) is 16.9 Å². The van der Waals surface area contributed by atoms with Crippen molar-refractivity contribution >= 4 is 33.8 Å². The molecule has 6 heteroatoms. The molecule has 5 nitrogen and oxygen atoms in total. The minimum atomic E-state index is -0.102. The van der Waals surface area contributed by atoms with Crippen molar-refractivity contribution in [2.45, 2.75) is 26.9 Å². The van der Waals surface area contributed by atoms with Crippen LogP contribution in [0.25, 0.3) is 10.9 Å². The van der Waals surface area contributed by atoms with Gasteiger partial charge in [-0.15, -0.1) is 11.3 Å². The molecule has 0 bridgehead atoms. The zero-order valence-corrected chi connectivity index (χ0v) is 17.1. The summed E-state index contributed by atoms with van der Waals surface area (Å²) < 4.78 is 5.76. The van der Waals surface area contributed by atoms with Gasteiger partial charge < -0.3 is 10.1 Å². The number of amides is 1. The Balaban J connectivity index is 1.38. The van der Waals surface area contributed by atoms with E-state index in [0.717, 1.165) is 38.6 Å². The molecule has 4 aromatic rings. The standard InChI is InChI=1S/C23H21N3O2S/c1-15-5-8-18(9-6-15)28-13-22-25-17(14-29-22)12-21(27)26-20-10-7-16(2)23-19(20)4-3-11-24-23/h3-11,14H,12-13H2,1-2H3,(H,26,27). The van der Waals surface area contributed by atoms with Gasteiger partial charge in [0.25, 0.3) is 0 Å². The molecule has 0 aliphatic rings. The van der Waals surface area contributed by atoms with E-state index in [0.29, 0.717) is 6.61 Å². The minimum absolute atomic E-state index is 0.102. The predicted octanol–water partition coefficient (Wildman–Crippen LogP) is 5.07. The summed E-state index contributed by atoms with van der Waals surface area (Å²) in [6.45, 7) is 4.44. The van der Waals surface area contributed by atoms with E-state index in [9.17, 15) is 4.79 Å². The summed E-state index contributed by atoms with van der Waals surface area (Å²) in [5.41, 5.74) is 4.68. The summed E-state index contributed by atoms with van der Waals surface area (Å²) in [5, 5.41) is 6.67. The first-order valence-electron chi connectivity index (χ1n) is 9.35. The zero-order chi connectivity index (χ0) is 20.2. The third kappa shape index (κ3) is 4.60. The van der Waals surface area contributed by atoms with Gasteiger partial charge >= 0.3 is 0 Å². The molecule has 2 aromatic heterocycles. The minimum Gasteiger partial charge on any atom is -0.486 e. The maximum atomic E-state index is 12.5. The van der Waals surface area contributed by atoms with Gasteiger partial charge in [0.1, 0.15) is 17.4 Å². The summed E-state index contributed by atoms with van der Waals surface area (Å²) >= 11 is 1.50. The van der Waals surface area contributed by atoms with Gasteiger partial charge in [0.15, 0.2) is 0 Å². The highest BCUT2D eigenvalue weighted by Gasteiger charge is 2.11. The Kier molecular flexibility index (Phi) is 5.53. The van der Waals surface area contributed by atoms with Crippen molar-refractivity contribution in [2.75, 3.05) is 5.32 Å². The number of nitrogens with zero attached hydrogens (tertiary/aromatic N) is 2. The molecule has 2 heterocycles. The number of thiazole rings is 1. The molecule has 0 fully saturated rings. The van der Waals surface area contributed by atoms with Crippen LogP contribution in [0.3, 0.4) is 0 Å². The van der Waals surface area contributed by atoms with Crippen LogP contribution in [-0.2, 0) is 17.8 Å². The topological polar surface area (TPSA) is 64.1 Å². The fraction of sp³-hybridized carbons (Fsp3) is 0.174. The maximum Gasteiger partial charge on any atom is 0.230 e. The second-order valence-corrected chi connectivity index (χ2v) is 7.83. The van der Waals surface area contributed by atoms with Crippen molar-refractivity contribution < 1.29 is 9.53 Å². The van der Waals surface area contributed by atoms with Crippen molar-refractivity contribution in [2.24, 2.45) is 0 Å². The third-order valence-electron chi connectivity index (χ3n) is 4.57. The van der Waals surface area contributed by atoms with Crippen molar-refractivity contribution in [1.82, 2.24) is 9.97 Å². The number of nitrogens with one attached hydrogen (secondary N) is 1. The number of carbonyl (C=O) groups is 1. The highest BCUT2D eigenvalue weighted by atomic mass is 32.1. The van der Waals surface area contributed by atoms with Gasteiger partial charge in [0, 0.05) is 17.0 Å². The van der Waals surface area contributed by atoms with Crippen LogP contribution in [-0.4, -0.2) is 15.9 Å². The average Bonchev–Trinajstić information content (AvgIpc) is 3.17. The first kappa shape index (κ1) is 19.1. The van der Waals surface area contributed by atoms with Crippen LogP contribution < -0.4 is 10.1 Å². The van der Waals surface area contributed by atoms with Crippen molar-refractivity contribution in [3.8, 4) is 5.75 Å². The lowest BCUT2D eigenvalue weighted by molar-refractivity contribution is -0.115. The Hall–Kier alpha value is -3.25. The largest absolute Gasteiger partial charge is 0.486 e. The predicted molar refractivity (Wildman–Crippen MR) is 116 cm³/mol. The fourth-order valence-corrected chi connectivity index (χ4v) is 3.76. The normalized spacial score (nSPS) is 10.8. The lowest BCUT2D eigenvalue weighted by Crippen LogP contribution is -2.15. The number of aromatic nitrogens is 2. The van der Waals surface area contributed by atoms with Gasteiger partial charge in [0.2, 0.25) is 5.91 Å². The van der Waals surface area contributed by atoms with Gasteiger partial charge in [-0.3, -0.25) is 9.78 Å². The maximum absolute atomic E-state index is 12.5. The summed E-state index contributed by atoms with van der Waals surface area (Å²) in [5.74, 6) is 0.709. The number of anilines is 1. The van der Waals surface area contributed by atoms with Crippen LogP contribution in [0.4, 0.5) is 5.69 Å². The molecule has 0 spiro atoms. The first-order chi connectivity index (χ1) is 14.1. The molecule has 4 rings (SSSR count). The Bertz CT molecular complexity index is 1150. The molecule has 0 atom stereocenters. The zero-order valence-electron chi connectivity index (χ0n) is 16.3. The molecule has 1 amide bonds. The smallest absolute Gasteiger partial charge is 0.230 e. The highest BCUT2D eigenvalue weighted by Crippen LogP contribution is 2.25. The molecule has 0 radical (unpaired) electrons. The van der Waals surface area contributed by atoms with E-state index in [1.807, 2.05) is 67.8 Å². The Labute approximate surface area is 173 Å². The van der Waals surface area contributed by atoms with E-state index >= 15 is 0 Å². The molecular formula is C23H21N3O2S. The van der Waals surface area contributed by atoms with Gasteiger partial charge in [0.05, 0.1) is 23.3 Å². The van der Waals surface area contributed by atoms with Crippen LogP contribution in [0.5, 0.6) is 5.75 Å². The number of fused-ring (bicyclic) bond motifs is 1. The molecule has 146 valence electrons. The molecule has 1 N–H and O–H groups in total. The highest BCUT2D eigenvalue weighted by molar-refractivity contribution is 7.09. The molecule has 2 aromatic carbocycles. The quantitative estimate of drug-likeness (QED) is 0.488. The number of hydrogen-bond donors (Lipinski definition) is 1. The number of pyridine rings is 1. The summed E-state index contributed by atoms with van der Waals surface area (Å²) in [7, 11) is 0. The van der Waals surface area contributed by atoms with E-state index < -0.39 is 0 Å². The Morgan fingerprint density at radius 1 is 1.10 bits per heavy atom. The lowest BCUT2D eigenvalue weighted by atomic mass is 10.1.